The molecule has 2 heterocycles. The molecule has 1 saturated carbocycles. The summed E-state index contributed by atoms with van der Waals surface area (Å²) in [7, 11) is 0. The number of nitrogens with one attached hydrogen (secondary N) is 3. The van der Waals surface area contributed by atoms with Crippen LogP contribution in [-0.2, 0) is 5.41 Å². The minimum absolute atomic E-state index is 0.136. The normalized spacial score (nSPS) is 17.5. The van der Waals surface area contributed by atoms with Gasteiger partial charge in [0.2, 0.25) is 0 Å². The second-order valence-electron chi connectivity index (χ2n) is 10.8. The van der Waals surface area contributed by atoms with E-state index in [0.29, 0.717) is 22.7 Å². The zero-order valence-electron chi connectivity index (χ0n) is 20.4. The van der Waals surface area contributed by atoms with E-state index in [-0.39, 0.29) is 17.2 Å². The van der Waals surface area contributed by atoms with E-state index >= 15 is 0 Å². The number of amides is 2. The van der Waals surface area contributed by atoms with Crippen molar-refractivity contribution in [1.82, 2.24) is 20.5 Å². The Hall–Kier alpha value is -2.83. The Morgan fingerprint density at radius 2 is 1.71 bits per heavy atom. The zero-order chi connectivity index (χ0) is 24.6. The van der Waals surface area contributed by atoms with Crippen molar-refractivity contribution in [3.63, 3.8) is 0 Å². The highest BCUT2D eigenvalue weighted by Gasteiger charge is 2.45. The predicted octanol–water partition coefficient (Wildman–Crippen LogP) is 4.89. The molecule has 0 bridgehead atoms. The van der Waals surface area contributed by atoms with Gasteiger partial charge in [-0.2, -0.15) is 0 Å². The monoisotopic (exact) mass is 492 g/mol. The van der Waals surface area contributed by atoms with E-state index < -0.39 is 5.54 Å². The van der Waals surface area contributed by atoms with Gasteiger partial charge in [0.05, 0.1) is 10.6 Å². The first-order valence-corrected chi connectivity index (χ1v) is 12.8. The van der Waals surface area contributed by atoms with Crippen molar-refractivity contribution in [1.29, 1.82) is 0 Å². The van der Waals surface area contributed by atoms with Crippen LogP contribution in [0.2, 0.25) is 5.02 Å². The summed E-state index contributed by atoms with van der Waals surface area (Å²) >= 11 is 6.12. The number of hydrogen-bond donors (Lipinski definition) is 3. The van der Waals surface area contributed by atoms with E-state index in [4.69, 9.17) is 11.6 Å². The maximum atomic E-state index is 12.9. The van der Waals surface area contributed by atoms with Crippen LogP contribution >= 0.6 is 11.6 Å². The molecule has 1 aromatic heterocycles. The molecular formula is C28H33ClN4O2. The highest BCUT2D eigenvalue weighted by Crippen LogP contribution is 2.49. The number of hydrogen-bond acceptors (Lipinski definition) is 3. The van der Waals surface area contributed by atoms with Gasteiger partial charge >= 0.3 is 0 Å². The topological polar surface area (TPSA) is 77.2 Å². The molecule has 0 unspecified atom stereocenters. The lowest BCUT2D eigenvalue weighted by Crippen LogP contribution is -2.51. The molecule has 1 saturated heterocycles. The highest BCUT2D eigenvalue weighted by atomic mass is 35.5. The van der Waals surface area contributed by atoms with Crippen LogP contribution in [0.1, 0.15) is 65.8 Å². The molecule has 3 aromatic rings. The Morgan fingerprint density at radius 1 is 1.03 bits per heavy atom. The Kier molecular flexibility index (Phi) is 6.36. The number of H-pyrrole nitrogens is 1. The van der Waals surface area contributed by atoms with Crippen LogP contribution in [0.15, 0.2) is 48.7 Å². The number of carbonyl (C=O) groups is 2. The predicted molar refractivity (Wildman–Crippen MR) is 140 cm³/mol. The summed E-state index contributed by atoms with van der Waals surface area (Å²) in [5.74, 6) is -0.334. The van der Waals surface area contributed by atoms with Crippen LogP contribution in [0.4, 0.5) is 0 Å². The maximum Gasteiger partial charge on any atom is 0.251 e. The quantitative estimate of drug-likeness (QED) is 0.419. The van der Waals surface area contributed by atoms with E-state index in [9.17, 15) is 9.59 Å². The van der Waals surface area contributed by atoms with E-state index in [1.54, 1.807) is 18.3 Å². The Bertz CT molecular complexity index is 1240. The zero-order valence-corrected chi connectivity index (χ0v) is 21.2. The molecule has 1 aliphatic carbocycles. The molecule has 5 rings (SSSR count). The molecule has 0 spiro atoms. The Balaban J connectivity index is 1.16. The number of halogens is 1. The Morgan fingerprint density at radius 3 is 2.40 bits per heavy atom. The molecule has 184 valence electrons. The molecule has 3 N–H and O–H groups in total. The molecule has 2 amide bonds. The van der Waals surface area contributed by atoms with Crippen LogP contribution in [0, 0.1) is 0 Å². The van der Waals surface area contributed by atoms with Crippen molar-refractivity contribution in [2.45, 2.75) is 50.5 Å². The molecule has 0 atom stereocenters. The average molecular weight is 493 g/mol. The van der Waals surface area contributed by atoms with Gasteiger partial charge in [-0.3, -0.25) is 9.59 Å². The van der Waals surface area contributed by atoms with Crippen molar-refractivity contribution in [2.24, 2.45) is 0 Å². The van der Waals surface area contributed by atoms with Crippen molar-refractivity contribution < 1.29 is 9.59 Å². The lowest BCUT2D eigenvalue weighted by atomic mass is 9.94. The van der Waals surface area contributed by atoms with Gasteiger partial charge in [0.1, 0.15) is 0 Å². The van der Waals surface area contributed by atoms with E-state index in [0.717, 1.165) is 17.4 Å². The molecule has 6 nitrogen and oxygen atoms in total. The van der Waals surface area contributed by atoms with E-state index in [2.05, 4.69) is 32.7 Å². The number of rotatable bonds is 8. The third kappa shape index (κ3) is 5.24. The molecule has 35 heavy (non-hydrogen) atoms. The smallest absolute Gasteiger partial charge is 0.251 e. The lowest BCUT2D eigenvalue weighted by Gasteiger charge is -2.27. The number of nitrogens with zero attached hydrogens (tertiary/aromatic N) is 1. The van der Waals surface area contributed by atoms with Crippen LogP contribution in [-0.4, -0.2) is 53.4 Å². The van der Waals surface area contributed by atoms with Crippen LogP contribution < -0.4 is 10.6 Å². The first-order chi connectivity index (χ1) is 16.7. The van der Waals surface area contributed by atoms with Gasteiger partial charge in [-0.05, 0) is 82.4 Å². The van der Waals surface area contributed by atoms with Gasteiger partial charge in [-0.25, -0.2) is 0 Å². The summed E-state index contributed by atoms with van der Waals surface area (Å²) in [5.41, 5.74) is 2.99. The number of aromatic amines is 1. The summed E-state index contributed by atoms with van der Waals surface area (Å²) in [4.78, 5) is 31.3. The largest absolute Gasteiger partial charge is 0.360 e. The average Bonchev–Trinajstić information content (AvgIpc) is 3.26. The number of likely N-dealkylation sites (tertiary alicyclic amines) is 1. The van der Waals surface area contributed by atoms with Gasteiger partial charge in [-0.15, -0.1) is 0 Å². The summed E-state index contributed by atoms with van der Waals surface area (Å²) in [6, 6.07) is 13.5. The number of carbonyl (C=O) groups excluding carboxylic acids is 2. The van der Waals surface area contributed by atoms with Gasteiger partial charge in [0.15, 0.2) is 0 Å². The SMILES string of the molecule is CC(C)(CNC(=O)c1ccc2c(Cl)c[nH]c2c1)NC(=O)c1ccc(C2(CN3CCCC3)CC2)cc1. The van der Waals surface area contributed by atoms with Crippen LogP contribution in [0.25, 0.3) is 10.9 Å². The molecular weight excluding hydrogens is 460 g/mol. The summed E-state index contributed by atoms with van der Waals surface area (Å²) < 4.78 is 0. The molecule has 2 aromatic carbocycles. The standard InChI is InChI=1S/C28H33ClN4O2/c1-27(2,17-31-25(34)20-7-10-22-23(29)16-30-24(22)15-20)32-26(35)19-5-8-21(9-6-19)28(11-12-28)18-33-13-3-4-14-33/h5-10,15-16,30H,3-4,11-14,17-18H2,1-2H3,(H,31,34)(H,32,35). The maximum absolute atomic E-state index is 12.9. The van der Waals surface area contributed by atoms with E-state index in [1.165, 1.54) is 44.3 Å². The fourth-order valence-electron chi connectivity index (χ4n) is 5.09. The van der Waals surface area contributed by atoms with Crippen LogP contribution in [0.3, 0.4) is 0 Å². The second kappa shape index (κ2) is 9.32. The number of aromatic nitrogens is 1. The third-order valence-corrected chi connectivity index (χ3v) is 7.69. The fourth-order valence-corrected chi connectivity index (χ4v) is 5.31. The van der Waals surface area contributed by atoms with Gasteiger partial charge in [0, 0.05) is 46.7 Å². The molecule has 2 fully saturated rings. The van der Waals surface area contributed by atoms with Crippen LogP contribution in [0.5, 0.6) is 0 Å². The van der Waals surface area contributed by atoms with Crippen molar-refractivity contribution in [2.75, 3.05) is 26.2 Å². The van der Waals surface area contributed by atoms with Crippen molar-refractivity contribution >= 4 is 34.3 Å². The van der Waals surface area contributed by atoms with Gasteiger partial charge in [-0.1, -0.05) is 29.8 Å². The van der Waals surface area contributed by atoms with Gasteiger partial charge in [0.25, 0.3) is 11.8 Å². The summed E-state index contributed by atoms with van der Waals surface area (Å²) in [5, 5.41) is 7.50. The lowest BCUT2D eigenvalue weighted by molar-refractivity contribution is 0.0881. The highest BCUT2D eigenvalue weighted by molar-refractivity contribution is 6.35. The van der Waals surface area contributed by atoms with Gasteiger partial charge < -0.3 is 20.5 Å². The van der Waals surface area contributed by atoms with Crippen molar-refractivity contribution in [3.05, 3.63) is 70.4 Å². The van der Waals surface area contributed by atoms with Crippen molar-refractivity contribution in [3.8, 4) is 0 Å². The molecule has 7 heteroatoms. The fraction of sp³-hybridized carbons (Fsp3) is 0.429. The minimum Gasteiger partial charge on any atom is -0.360 e. The summed E-state index contributed by atoms with van der Waals surface area (Å²) in [6.07, 6.45) is 6.78. The second-order valence-corrected chi connectivity index (χ2v) is 11.2. The molecule has 2 aliphatic rings. The first-order valence-electron chi connectivity index (χ1n) is 12.5. The molecule has 1 aliphatic heterocycles. The van der Waals surface area contributed by atoms with E-state index in [1.807, 2.05) is 32.0 Å². The number of fused-ring (bicyclic) bond motifs is 1. The first kappa shape index (κ1) is 23.9. The Labute approximate surface area is 211 Å². The molecule has 0 radical (unpaired) electrons. The summed E-state index contributed by atoms with van der Waals surface area (Å²) in [6.45, 7) is 7.67. The number of benzene rings is 2. The third-order valence-electron chi connectivity index (χ3n) is 7.37. The minimum atomic E-state index is -0.612.